The van der Waals surface area contributed by atoms with Crippen molar-refractivity contribution >= 4 is 18.3 Å². The molecule has 1 aliphatic rings. The van der Waals surface area contributed by atoms with Gasteiger partial charge in [-0.1, -0.05) is 48.9 Å². The van der Waals surface area contributed by atoms with Crippen molar-refractivity contribution in [1.82, 2.24) is 25.2 Å². The monoisotopic (exact) mass is 391 g/mol. The zero-order chi connectivity index (χ0) is 18.4. The molecule has 0 saturated carbocycles. The van der Waals surface area contributed by atoms with E-state index in [1.165, 1.54) is 0 Å². The summed E-state index contributed by atoms with van der Waals surface area (Å²) in [5.74, 6) is -0.0324. The van der Waals surface area contributed by atoms with Gasteiger partial charge < -0.3 is 10.2 Å². The Labute approximate surface area is 167 Å². The van der Waals surface area contributed by atoms with E-state index in [4.69, 9.17) is 0 Å². The van der Waals surface area contributed by atoms with Crippen molar-refractivity contribution in [2.24, 2.45) is 0 Å². The fourth-order valence-electron chi connectivity index (χ4n) is 3.48. The summed E-state index contributed by atoms with van der Waals surface area (Å²) >= 11 is 0. The second-order valence-corrected chi connectivity index (χ2v) is 7.00. The number of piperidine rings is 1. The van der Waals surface area contributed by atoms with E-state index in [0.29, 0.717) is 11.7 Å². The van der Waals surface area contributed by atoms with E-state index in [1.54, 1.807) is 0 Å². The highest BCUT2D eigenvalue weighted by Crippen LogP contribution is 2.23. The van der Waals surface area contributed by atoms with Crippen LogP contribution in [0.4, 0.5) is 0 Å². The molecule has 1 fully saturated rings. The molecule has 0 bridgehead atoms. The van der Waals surface area contributed by atoms with E-state index >= 15 is 0 Å². The van der Waals surface area contributed by atoms with Gasteiger partial charge in [-0.15, -0.1) is 17.5 Å². The Bertz CT molecular complexity index is 699. The zero-order valence-electron chi connectivity index (χ0n) is 16.2. The minimum absolute atomic E-state index is 0. The largest absolute Gasteiger partial charge is 0.330 e. The lowest BCUT2D eigenvalue weighted by Gasteiger charge is -2.29. The second kappa shape index (κ2) is 10.4. The van der Waals surface area contributed by atoms with Crippen LogP contribution in [-0.4, -0.2) is 45.4 Å². The Balaban J connectivity index is 0.00000261. The van der Waals surface area contributed by atoms with E-state index < -0.39 is 0 Å². The highest BCUT2D eigenvalue weighted by Gasteiger charge is 2.26. The summed E-state index contributed by atoms with van der Waals surface area (Å²) in [7, 11) is 0. The van der Waals surface area contributed by atoms with Crippen LogP contribution in [0.25, 0.3) is 0 Å². The molecule has 1 aromatic heterocycles. The van der Waals surface area contributed by atoms with Gasteiger partial charge in [-0.05, 0) is 44.8 Å². The molecule has 1 amide bonds. The lowest BCUT2D eigenvalue weighted by atomic mass is 10.1. The Hall–Kier alpha value is -1.92. The Morgan fingerprint density at radius 1 is 1.30 bits per heavy atom. The number of benzene rings is 1. The predicted molar refractivity (Wildman–Crippen MR) is 109 cm³/mol. The number of aromatic nitrogens is 3. The van der Waals surface area contributed by atoms with Crippen LogP contribution >= 0.6 is 12.4 Å². The van der Waals surface area contributed by atoms with Gasteiger partial charge in [0.05, 0.1) is 18.3 Å². The number of carbonyl (C=O) groups excluding carboxylic acids is 1. The van der Waals surface area contributed by atoms with Crippen molar-refractivity contribution < 1.29 is 4.79 Å². The van der Waals surface area contributed by atoms with Crippen LogP contribution < -0.4 is 5.32 Å². The highest BCUT2D eigenvalue weighted by atomic mass is 35.5. The first-order chi connectivity index (χ1) is 12.7. The number of nitrogens with one attached hydrogen (secondary N) is 1. The quantitative estimate of drug-likeness (QED) is 0.782. The number of amides is 1. The number of nitrogens with zero attached hydrogens (tertiary/aromatic N) is 4. The standard InChI is InChI=1S/C20H29N5O.ClH/c1-3-4-14-24(16(2)17-8-6-5-7-9-17)20(26)19-15-25(23-22-19)18-10-12-21-13-11-18;/h5-9,15-16,18,21H,3-4,10-14H2,1-2H3;1H. The average Bonchev–Trinajstić information content (AvgIpc) is 3.19. The first kappa shape index (κ1) is 21.4. The number of hydrogen-bond acceptors (Lipinski definition) is 4. The molecule has 0 spiro atoms. The topological polar surface area (TPSA) is 63.1 Å². The smallest absolute Gasteiger partial charge is 0.276 e. The molecule has 3 rings (SSSR count). The molecule has 1 atom stereocenters. The number of carbonyl (C=O) groups is 1. The van der Waals surface area contributed by atoms with Crippen molar-refractivity contribution in [2.45, 2.75) is 51.6 Å². The average molecular weight is 392 g/mol. The molecule has 1 saturated heterocycles. The summed E-state index contributed by atoms with van der Waals surface area (Å²) in [5.41, 5.74) is 1.59. The maximum atomic E-state index is 13.2. The molecule has 1 aromatic carbocycles. The molecular formula is C20H30ClN5O. The van der Waals surface area contributed by atoms with Gasteiger partial charge in [0.15, 0.2) is 5.69 Å². The van der Waals surface area contributed by atoms with Crippen LogP contribution in [0.3, 0.4) is 0 Å². The molecule has 1 unspecified atom stereocenters. The van der Waals surface area contributed by atoms with Gasteiger partial charge in [-0.2, -0.15) is 0 Å². The lowest BCUT2D eigenvalue weighted by molar-refractivity contribution is 0.0681. The third-order valence-corrected chi connectivity index (χ3v) is 5.18. The van der Waals surface area contributed by atoms with Crippen LogP contribution in [0.2, 0.25) is 0 Å². The zero-order valence-corrected chi connectivity index (χ0v) is 17.0. The van der Waals surface area contributed by atoms with E-state index in [1.807, 2.05) is 34.0 Å². The van der Waals surface area contributed by atoms with E-state index in [9.17, 15) is 4.79 Å². The summed E-state index contributed by atoms with van der Waals surface area (Å²) in [5, 5.41) is 11.8. The van der Waals surface area contributed by atoms with Gasteiger partial charge >= 0.3 is 0 Å². The lowest BCUT2D eigenvalue weighted by Crippen LogP contribution is -2.34. The number of hydrogen-bond donors (Lipinski definition) is 1. The van der Waals surface area contributed by atoms with Crippen LogP contribution in [0, 0.1) is 0 Å². The fraction of sp³-hybridized carbons (Fsp3) is 0.550. The summed E-state index contributed by atoms with van der Waals surface area (Å²) in [4.78, 5) is 15.1. The van der Waals surface area contributed by atoms with Gasteiger partial charge in [-0.3, -0.25) is 4.79 Å². The van der Waals surface area contributed by atoms with E-state index in [0.717, 1.165) is 50.9 Å². The maximum Gasteiger partial charge on any atom is 0.276 e. The normalized spacial score (nSPS) is 15.8. The molecule has 27 heavy (non-hydrogen) atoms. The molecule has 1 N–H and O–H groups in total. The second-order valence-electron chi connectivity index (χ2n) is 7.00. The fourth-order valence-corrected chi connectivity index (χ4v) is 3.48. The van der Waals surface area contributed by atoms with Gasteiger partial charge in [0, 0.05) is 6.54 Å². The predicted octanol–water partition coefficient (Wildman–Crippen LogP) is 3.63. The molecule has 2 aromatic rings. The molecule has 0 radical (unpaired) electrons. The van der Waals surface area contributed by atoms with E-state index in [2.05, 4.69) is 41.6 Å². The Kier molecular flexibility index (Phi) is 8.25. The summed E-state index contributed by atoms with van der Waals surface area (Å²) in [6, 6.07) is 10.5. The van der Waals surface area contributed by atoms with Crippen LogP contribution in [0.5, 0.6) is 0 Å². The van der Waals surface area contributed by atoms with Crippen molar-refractivity contribution in [2.75, 3.05) is 19.6 Å². The molecule has 1 aliphatic heterocycles. The van der Waals surface area contributed by atoms with Crippen molar-refractivity contribution in [1.29, 1.82) is 0 Å². The van der Waals surface area contributed by atoms with Crippen LogP contribution in [0.15, 0.2) is 36.5 Å². The van der Waals surface area contributed by atoms with Gasteiger partial charge in [-0.25, -0.2) is 4.68 Å². The Morgan fingerprint density at radius 3 is 2.67 bits per heavy atom. The Morgan fingerprint density at radius 2 is 2.00 bits per heavy atom. The van der Waals surface area contributed by atoms with Gasteiger partial charge in [0.1, 0.15) is 0 Å². The summed E-state index contributed by atoms with van der Waals surface area (Å²) in [6.45, 7) is 6.93. The van der Waals surface area contributed by atoms with Crippen LogP contribution in [-0.2, 0) is 0 Å². The maximum absolute atomic E-state index is 13.2. The molecule has 6 nitrogen and oxygen atoms in total. The third kappa shape index (κ3) is 5.30. The van der Waals surface area contributed by atoms with E-state index in [-0.39, 0.29) is 24.4 Å². The molecular weight excluding hydrogens is 362 g/mol. The first-order valence-corrected chi connectivity index (χ1v) is 9.69. The highest BCUT2D eigenvalue weighted by molar-refractivity contribution is 5.92. The van der Waals surface area contributed by atoms with Gasteiger partial charge in [0.25, 0.3) is 5.91 Å². The minimum Gasteiger partial charge on any atom is -0.330 e. The summed E-state index contributed by atoms with van der Waals surface area (Å²) < 4.78 is 1.87. The molecule has 2 heterocycles. The molecule has 7 heteroatoms. The van der Waals surface area contributed by atoms with Crippen molar-refractivity contribution in [3.63, 3.8) is 0 Å². The number of halogens is 1. The number of unbranched alkanes of at least 4 members (excludes halogenated alkanes) is 1. The van der Waals surface area contributed by atoms with Crippen molar-refractivity contribution in [3.05, 3.63) is 47.8 Å². The molecule has 0 aliphatic carbocycles. The minimum atomic E-state index is -0.0324. The third-order valence-electron chi connectivity index (χ3n) is 5.18. The van der Waals surface area contributed by atoms with Gasteiger partial charge in [0.2, 0.25) is 0 Å². The summed E-state index contributed by atoms with van der Waals surface area (Å²) in [6.07, 6.45) is 5.90. The van der Waals surface area contributed by atoms with Crippen LogP contribution in [0.1, 0.15) is 67.7 Å². The van der Waals surface area contributed by atoms with Crippen molar-refractivity contribution in [3.8, 4) is 0 Å². The molecule has 148 valence electrons. The SMILES string of the molecule is CCCCN(C(=O)c1cn(C2CCNCC2)nn1)C(C)c1ccccc1.Cl. The first-order valence-electron chi connectivity index (χ1n) is 9.69. The number of rotatable bonds is 7.